The number of aromatic amines is 1. The van der Waals surface area contributed by atoms with Crippen LogP contribution in [0, 0.1) is 6.92 Å². The molecule has 1 aromatic rings. The van der Waals surface area contributed by atoms with E-state index < -0.39 is 0 Å². The summed E-state index contributed by atoms with van der Waals surface area (Å²) < 4.78 is 4.42. The van der Waals surface area contributed by atoms with Gasteiger partial charge in [0, 0.05) is 6.08 Å². The predicted molar refractivity (Wildman–Crippen MR) is 44.4 cm³/mol. The van der Waals surface area contributed by atoms with Gasteiger partial charge in [-0.15, -0.1) is 0 Å². The second-order valence-electron chi connectivity index (χ2n) is 2.28. The Labute approximate surface area is 70.3 Å². The SMILES string of the molecule is COC(=O)C=Cc1cnc(C)[nH]1. The first-order valence-electron chi connectivity index (χ1n) is 3.50. The average Bonchev–Trinajstić information content (AvgIpc) is 2.47. The largest absolute Gasteiger partial charge is 0.466 e. The molecule has 12 heavy (non-hydrogen) atoms. The van der Waals surface area contributed by atoms with Gasteiger partial charge in [-0.1, -0.05) is 0 Å². The van der Waals surface area contributed by atoms with Gasteiger partial charge in [0.2, 0.25) is 0 Å². The van der Waals surface area contributed by atoms with Gasteiger partial charge in [-0.2, -0.15) is 0 Å². The Morgan fingerprint density at radius 3 is 3.00 bits per heavy atom. The van der Waals surface area contributed by atoms with Gasteiger partial charge in [0.05, 0.1) is 19.0 Å². The molecule has 4 heteroatoms. The second-order valence-corrected chi connectivity index (χ2v) is 2.28. The molecule has 4 nitrogen and oxygen atoms in total. The molecule has 0 aromatic carbocycles. The highest BCUT2D eigenvalue weighted by Crippen LogP contribution is 1.98. The van der Waals surface area contributed by atoms with Crippen molar-refractivity contribution in [2.75, 3.05) is 7.11 Å². The van der Waals surface area contributed by atoms with Crippen LogP contribution in [0.25, 0.3) is 6.08 Å². The minimum atomic E-state index is -0.373. The molecular weight excluding hydrogens is 156 g/mol. The predicted octanol–water partition coefficient (Wildman–Crippen LogP) is 0.904. The van der Waals surface area contributed by atoms with Crippen LogP contribution in [0.15, 0.2) is 12.3 Å². The molecule has 0 fully saturated rings. The fourth-order valence-corrected chi connectivity index (χ4v) is 0.750. The maximum atomic E-state index is 10.6. The van der Waals surface area contributed by atoms with Crippen molar-refractivity contribution >= 4 is 12.0 Å². The lowest BCUT2D eigenvalue weighted by atomic mass is 10.4. The standard InChI is InChI=1S/C8H10N2O2/c1-6-9-5-7(10-6)3-4-8(11)12-2/h3-5H,1-2H3,(H,9,10). The summed E-state index contributed by atoms with van der Waals surface area (Å²) in [5.41, 5.74) is 0.790. The normalized spacial score (nSPS) is 10.5. The van der Waals surface area contributed by atoms with Gasteiger partial charge in [-0.3, -0.25) is 0 Å². The number of hydrogen-bond donors (Lipinski definition) is 1. The third-order valence-electron chi connectivity index (χ3n) is 1.32. The van der Waals surface area contributed by atoms with Gasteiger partial charge < -0.3 is 9.72 Å². The fourth-order valence-electron chi connectivity index (χ4n) is 0.750. The van der Waals surface area contributed by atoms with Crippen molar-refractivity contribution < 1.29 is 9.53 Å². The van der Waals surface area contributed by atoms with Crippen molar-refractivity contribution in [3.63, 3.8) is 0 Å². The summed E-state index contributed by atoms with van der Waals surface area (Å²) in [4.78, 5) is 17.6. The number of imidazole rings is 1. The minimum absolute atomic E-state index is 0.373. The molecule has 1 aromatic heterocycles. The van der Waals surface area contributed by atoms with E-state index >= 15 is 0 Å². The molecule has 0 amide bonds. The summed E-state index contributed by atoms with van der Waals surface area (Å²) in [5.74, 6) is 0.446. The molecule has 1 N–H and O–H groups in total. The first kappa shape index (κ1) is 8.52. The Bertz CT molecular complexity index is 302. The third-order valence-corrected chi connectivity index (χ3v) is 1.32. The monoisotopic (exact) mass is 166 g/mol. The molecule has 1 rings (SSSR count). The Morgan fingerprint density at radius 1 is 1.75 bits per heavy atom. The molecule has 0 unspecified atom stereocenters. The minimum Gasteiger partial charge on any atom is -0.466 e. The molecule has 0 saturated heterocycles. The van der Waals surface area contributed by atoms with Crippen LogP contribution in [0.2, 0.25) is 0 Å². The number of aryl methyl sites for hydroxylation is 1. The van der Waals surface area contributed by atoms with Crippen molar-refractivity contribution in [2.45, 2.75) is 6.92 Å². The van der Waals surface area contributed by atoms with E-state index in [9.17, 15) is 4.79 Å². The van der Waals surface area contributed by atoms with E-state index in [-0.39, 0.29) is 5.97 Å². The molecule has 0 spiro atoms. The van der Waals surface area contributed by atoms with Crippen molar-refractivity contribution in [3.05, 3.63) is 23.8 Å². The molecule has 0 radical (unpaired) electrons. The highest BCUT2D eigenvalue weighted by molar-refractivity contribution is 5.86. The highest BCUT2D eigenvalue weighted by atomic mass is 16.5. The first-order valence-corrected chi connectivity index (χ1v) is 3.50. The van der Waals surface area contributed by atoms with E-state index in [0.29, 0.717) is 0 Å². The van der Waals surface area contributed by atoms with Gasteiger partial charge >= 0.3 is 5.97 Å². The van der Waals surface area contributed by atoms with Gasteiger partial charge in [-0.25, -0.2) is 9.78 Å². The zero-order valence-corrected chi connectivity index (χ0v) is 7.00. The summed E-state index contributed by atoms with van der Waals surface area (Å²) >= 11 is 0. The van der Waals surface area contributed by atoms with Crippen molar-refractivity contribution in [1.82, 2.24) is 9.97 Å². The van der Waals surface area contributed by atoms with Crippen molar-refractivity contribution in [3.8, 4) is 0 Å². The molecular formula is C8H10N2O2. The quantitative estimate of drug-likeness (QED) is 0.524. The van der Waals surface area contributed by atoms with E-state index in [1.807, 2.05) is 6.92 Å². The first-order chi connectivity index (χ1) is 5.72. The third kappa shape index (κ3) is 2.23. The molecule has 64 valence electrons. The molecule has 1 heterocycles. The number of esters is 1. The smallest absolute Gasteiger partial charge is 0.330 e. The Kier molecular flexibility index (Phi) is 2.63. The van der Waals surface area contributed by atoms with Gasteiger partial charge in [-0.05, 0) is 13.0 Å². The summed E-state index contributed by atoms with van der Waals surface area (Å²) in [6, 6.07) is 0. The number of methoxy groups -OCH3 is 1. The number of nitrogens with one attached hydrogen (secondary N) is 1. The zero-order valence-electron chi connectivity index (χ0n) is 7.00. The van der Waals surface area contributed by atoms with E-state index in [4.69, 9.17) is 0 Å². The number of ether oxygens (including phenoxy) is 1. The summed E-state index contributed by atoms with van der Waals surface area (Å²) in [6.45, 7) is 1.84. The number of H-pyrrole nitrogens is 1. The van der Waals surface area contributed by atoms with Crippen LogP contribution in [-0.4, -0.2) is 23.0 Å². The molecule has 0 bridgehead atoms. The molecule has 0 aliphatic rings. The Morgan fingerprint density at radius 2 is 2.50 bits per heavy atom. The number of carbonyl (C=O) groups excluding carboxylic acids is 1. The van der Waals surface area contributed by atoms with Crippen LogP contribution in [-0.2, 0) is 9.53 Å². The van der Waals surface area contributed by atoms with Crippen LogP contribution in [0.3, 0.4) is 0 Å². The van der Waals surface area contributed by atoms with E-state index in [2.05, 4.69) is 14.7 Å². The summed E-state index contributed by atoms with van der Waals surface area (Å²) in [7, 11) is 1.34. The Hall–Kier alpha value is -1.58. The van der Waals surface area contributed by atoms with Crippen LogP contribution < -0.4 is 0 Å². The van der Waals surface area contributed by atoms with Crippen molar-refractivity contribution in [2.24, 2.45) is 0 Å². The van der Waals surface area contributed by atoms with E-state index in [0.717, 1.165) is 11.5 Å². The van der Waals surface area contributed by atoms with Gasteiger partial charge in [0.25, 0.3) is 0 Å². The second kappa shape index (κ2) is 3.71. The maximum absolute atomic E-state index is 10.6. The fraction of sp³-hybridized carbons (Fsp3) is 0.250. The molecule has 0 saturated carbocycles. The highest BCUT2D eigenvalue weighted by Gasteiger charge is 1.93. The van der Waals surface area contributed by atoms with Crippen LogP contribution in [0.5, 0.6) is 0 Å². The number of aromatic nitrogens is 2. The lowest BCUT2D eigenvalue weighted by molar-refractivity contribution is -0.134. The molecule has 0 atom stereocenters. The van der Waals surface area contributed by atoms with Crippen LogP contribution in [0.4, 0.5) is 0 Å². The van der Waals surface area contributed by atoms with Crippen LogP contribution in [0.1, 0.15) is 11.5 Å². The van der Waals surface area contributed by atoms with Gasteiger partial charge in [0.15, 0.2) is 0 Å². The average molecular weight is 166 g/mol. The number of hydrogen-bond acceptors (Lipinski definition) is 3. The number of carbonyl (C=O) groups is 1. The lowest BCUT2D eigenvalue weighted by Gasteiger charge is -1.87. The van der Waals surface area contributed by atoms with Crippen molar-refractivity contribution in [1.29, 1.82) is 0 Å². The number of nitrogens with zero attached hydrogens (tertiary/aromatic N) is 1. The lowest BCUT2D eigenvalue weighted by Crippen LogP contribution is -1.93. The molecule has 0 aliphatic heterocycles. The molecule has 0 aliphatic carbocycles. The van der Waals surface area contributed by atoms with Gasteiger partial charge in [0.1, 0.15) is 5.82 Å². The Balaban J connectivity index is 2.63. The zero-order chi connectivity index (χ0) is 8.97. The maximum Gasteiger partial charge on any atom is 0.330 e. The number of rotatable bonds is 2. The van der Waals surface area contributed by atoms with Crippen LogP contribution >= 0.6 is 0 Å². The topological polar surface area (TPSA) is 55.0 Å². The summed E-state index contributed by atoms with van der Waals surface area (Å²) in [6.07, 6.45) is 4.60. The summed E-state index contributed by atoms with van der Waals surface area (Å²) in [5, 5.41) is 0. The van der Waals surface area contributed by atoms with E-state index in [1.54, 1.807) is 12.3 Å². The van der Waals surface area contributed by atoms with E-state index in [1.165, 1.54) is 13.2 Å².